The summed E-state index contributed by atoms with van der Waals surface area (Å²) in [6.45, 7) is 7.34. The Morgan fingerprint density at radius 3 is 1.80 bits per heavy atom. The number of amides is 2. The van der Waals surface area contributed by atoms with Gasteiger partial charge in [0.05, 0.1) is 40.3 Å². The standard InChI is InChI=1S/C24H47N4O2/c1-5-6-7-8-9-10-11-18-28(3,4)24(19-25-2,20-26-16-12-14-22(26)29)21-27-17-13-15-23(27)30/h25H,5-21H2,1-4H3/q+1. The summed E-state index contributed by atoms with van der Waals surface area (Å²) in [4.78, 5) is 29.1. The average Bonchev–Trinajstić information content (AvgIpc) is 3.29. The smallest absolute Gasteiger partial charge is 0.222 e. The molecule has 0 aromatic rings. The topological polar surface area (TPSA) is 52.7 Å². The molecule has 6 heteroatoms. The van der Waals surface area contributed by atoms with Crippen molar-refractivity contribution >= 4 is 11.8 Å². The zero-order chi connectivity index (χ0) is 22.0. The van der Waals surface area contributed by atoms with Gasteiger partial charge in [0, 0.05) is 25.9 Å². The highest BCUT2D eigenvalue weighted by molar-refractivity contribution is 5.79. The van der Waals surface area contributed by atoms with Crippen LogP contribution in [-0.2, 0) is 9.59 Å². The second kappa shape index (κ2) is 12.0. The molecule has 174 valence electrons. The molecule has 2 amide bonds. The number of unbranched alkanes of at least 4 members (excludes halogenated alkanes) is 6. The minimum Gasteiger partial charge on any atom is -0.336 e. The molecule has 0 aromatic carbocycles. The zero-order valence-corrected chi connectivity index (χ0v) is 20.2. The lowest BCUT2D eigenvalue weighted by molar-refractivity contribution is -0.939. The molecule has 6 nitrogen and oxygen atoms in total. The summed E-state index contributed by atoms with van der Waals surface area (Å²) >= 11 is 0. The van der Waals surface area contributed by atoms with Gasteiger partial charge in [0.25, 0.3) is 0 Å². The van der Waals surface area contributed by atoms with E-state index in [0.29, 0.717) is 12.8 Å². The van der Waals surface area contributed by atoms with E-state index in [2.05, 4.69) is 36.1 Å². The molecule has 0 radical (unpaired) electrons. The molecule has 0 aromatic heterocycles. The van der Waals surface area contributed by atoms with Crippen molar-refractivity contribution in [1.29, 1.82) is 0 Å². The van der Waals surface area contributed by atoms with Crippen LogP contribution in [0.5, 0.6) is 0 Å². The van der Waals surface area contributed by atoms with Gasteiger partial charge in [-0.15, -0.1) is 0 Å². The number of rotatable bonds is 15. The number of nitrogens with one attached hydrogen (secondary N) is 1. The summed E-state index contributed by atoms with van der Waals surface area (Å²) < 4.78 is 0.844. The van der Waals surface area contributed by atoms with E-state index in [4.69, 9.17) is 0 Å². The van der Waals surface area contributed by atoms with Crippen LogP contribution in [0.2, 0.25) is 0 Å². The molecule has 1 N–H and O–H groups in total. The first kappa shape index (κ1) is 25.1. The first-order valence-electron chi connectivity index (χ1n) is 12.4. The van der Waals surface area contributed by atoms with Crippen molar-refractivity contribution in [2.24, 2.45) is 0 Å². The lowest BCUT2D eigenvalue weighted by atomic mass is 9.91. The molecular formula is C24H47N4O2+. The van der Waals surface area contributed by atoms with Gasteiger partial charge < -0.3 is 19.6 Å². The first-order valence-corrected chi connectivity index (χ1v) is 12.4. The van der Waals surface area contributed by atoms with Gasteiger partial charge >= 0.3 is 0 Å². The quantitative estimate of drug-likeness (QED) is 0.325. The molecular weight excluding hydrogens is 376 g/mol. The number of likely N-dealkylation sites (tertiary alicyclic amines) is 2. The number of hydrogen-bond donors (Lipinski definition) is 1. The van der Waals surface area contributed by atoms with E-state index in [1.54, 1.807) is 0 Å². The normalized spacial score (nSPS) is 18.1. The molecule has 2 saturated heterocycles. The molecule has 2 fully saturated rings. The fraction of sp³-hybridized carbons (Fsp3) is 0.917. The summed E-state index contributed by atoms with van der Waals surface area (Å²) in [5.74, 6) is 0.554. The predicted molar refractivity (Wildman–Crippen MR) is 123 cm³/mol. The highest BCUT2D eigenvalue weighted by Crippen LogP contribution is 2.29. The third kappa shape index (κ3) is 6.68. The summed E-state index contributed by atoms with van der Waals surface area (Å²) in [5.41, 5.74) is -0.184. The van der Waals surface area contributed by atoms with Crippen LogP contribution < -0.4 is 5.32 Å². The largest absolute Gasteiger partial charge is 0.336 e. The summed E-state index contributed by atoms with van der Waals surface area (Å²) in [6, 6.07) is 0. The molecule has 0 bridgehead atoms. The SMILES string of the molecule is CCCCCCCCC[N+](C)(C)C(CNC)(CN1CCCC1=O)CN1CCCC1=O. The number of nitrogens with zero attached hydrogens (tertiary/aromatic N) is 3. The highest BCUT2D eigenvalue weighted by atomic mass is 16.2. The van der Waals surface area contributed by atoms with Gasteiger partial charge in [0.1, 0.15) is 5.54 Å². The second-order valence-corrected chi connectivity index (χ2v) is 10.1. The van der Waals surface area contributed by atoms with E-state index in [-0.39, 0.29) is 17.4 Å². The average molecular weight is 424 g/mol. The van der Waals surface area contributed by atoms with Crippen LogP contribution in [-0.4, -0.2) is 92.0 Å². The fourth-order valence-electron chi connectivity index (χ4n) is 5.24. The van der Waals surface area contributed by atoms with Crippen molar-refractivity contribution in [2.75, 3.05) is 60.4 Å². The Bertz CT molecular complexity index is 521. The maximum atomic E-state index is 12.5. The van der Waals surface area contributed by atoms with Crippen LogP contribution in [0.1, 0.15) is 77.6 Å². The molecule has 0 atom stereocenters. The molecule has 0 spiro atoms. The summed E-state index contributed by atoms with van der Waals surface area (Å²) in [5, 5.41) is 3.43. The van der Waals surface area contributed by atoms with Crippen molar-refractivity contribution in [3.8, 4) is 0 Å². The third-order valence-corrected chi connectivity index (χ3v) is 7.42. The van der Waals surface area contributed by atoms with Crippen molar-refractivity contribution in [1.82, 2.24) is 15.1 Å². The van der Waals surface area contributed by atoms with Crippen LogP contribution in [0.25, 0.3) is 0 Å². The highest BCUT2D eigenvalue weighted by Gasteiger charge is 2.49. The molecule has 0 aliphatic carbocycles. The number of likely N-dealkylation sites (N-methyl/N-ethyl adjacent to an activating group) is 2. The van der Waals surface area contributed by atoms with Crippen LogP contribution in [0.4, 0.5) is 0 Å². The number of quaternary nitrogens is 1. The van der Waals surface area contributed by atoms with E-state index < -0.39 is 0 Å². The van der Waals surface area contributed by atoms with E-state index >= 15 is 0 Å². The summed E-state index contributed by atoms with van der Waals surface area (Å²) in [6.07, 6.45) is 12.4. The Morgan fingerprint density at radius 1 is 0.867 bits per heavy atom. The van der Waals surface area contributed by atoms with Crippen molar-refractivity contribution in [2.45, 2.75) is 83.1 Å². The van der Waals surface area contributed by atoms with Crippen LogP contribution in [0.15, 0.2) is 0 Å². The van der Waals surface area contributed by atoms with Gasteiger partial charge in [-0.1, -0.05) is 39.0 Å². The predicted octanol–water partition coefficient (Wildman–Crippen LogP) is 3.02. The van der Waals surface area contributed by atoms with Gasteiger partial charge in [0.2, 0.25) is 11.8 Å². The zero-order valence-electron chi connectivity index (χ0n) is 20.2. The summed E-state index contributed by atoms with van der Waals surface area (Å²) in [7, 11) is 6.63. The van der Waals surface area contributed by atoms with E-state index in [1.807, 2.05) is 7.05 Å². The molecule has 30 heavy (non-hydrogen) atoms. The van der Waals surface area contributed by atoms with E-state index in [0.717, 1.165) is 56.6 Å². The molecule has 0 saturated carbocycles. The number of carbonyl (C=O) groups excluding carboxylic acids is 2. The number of carbonyl (C=O) groups is 2. The molecule has 2 heterocycles. The van der Waals surface area contributed by atoms with Gasteiger partial charge in [-0.05, 0) is 32.7 Å². The first-order chi connectivity index (χ1) is 14.3. The fourth-order valence-corrected chi connectivity index (χ4v) is 5.24. The Labute approximate surface area is 184 Å². The lowest BCUT2D eigenvalue weighted by Crippen LogP contribution is -2.72. The molecule has 2 aliphatic rings. The van der Waals surface area contributed by atoms with Crippen molar-refractivity contribution < 1.29 is 14.1 Å². The van der Waals surface area contributed by atoms with Gasteiger partial charge in [0.15, 0.2) is 0 Å². The third-order valence-electron chi connectivity index (χ3n) is 7.42. The van der Waals surface area contributed by atoms with Crippen molar-refractivity contribution in [3.05, 3.63) is 0 Å². The van der Waals surface area contributed by atoms with E-state index in [1.165, 1.54) is 44.9 Å². The molecule has 0 unspecified atom stereocenters. The van der Waals surface area contributed by atoms with Gasteiger partial charge in [-0.3, -0.25) is 9.59 Å². The van der Waals surface area contributed by atoms with Gasteiger partial charge in [-0.2, -0.15) is 0 Å². The van der Waals surface area contributed by atoms with Crippen LogP contribution in [0, 0.1) is 0 Å². The van der Waals surface area contributed by atoms with E-state index in [9.17, 15) is 9.59 Å². The monoisotopic (exact) mass is 423 g/mol. The van der Waals surface area contributed by atoms with Gasteiger partial charge in [-0.25, -0.2) is 0 Å². The Morgan fingerprint density at radius 2 is 1.37 bits per heavy atom. The number of hydrogen-bond acceptors (Lipinski definition) is 3. The Hall–Kier alpha value is -1.14. The molecule has 2 aliphatic heterocycles. The minimum atomic E-state index is -0.184. The Kier molecular flexibility index (Phi) is 10.1. The van der Waals surface area contributed by atoms with Crippen molar-refractivity contribution in [3.63, 3.8) is 0 Å². The molecule has 2 rings (SSSR count). The second-order valence-electron chi connectivity index (χ2n) is 10.1. The maximum absolute atomic E-state index is 12.5. The Balaban J connectivity index is 2.09. The maximum Gasteiger partial charge on any atom is 0.222 e. The minimum absolute atomic E-state index is 0.184. The van der Waals surface area contributed by atoms with Crippen LogP contribution in [0.3, 0.4) is 0 Å². The lowest BCUT2D eigenvalue weighted by Gasteiger charge is -2.51. The van der Waals surface area contributed by atoms with Crippen LogP contribution >= 0.6 is 0 Å².